The Bertz CT molecular complexity index is 808. The van der Waals surface area contributed by atoms with Gasteiger partial charge < -0.3 is 9.64 Å². The second-order valence-corrected chi connectivity index (χ2v) is 8.27. The minimum atomic E-state index is -0.0723. The van der Waals surface area contributed by atoms with Gasteiger partial charge in [0.2, 0.25) is 5.91 Å². The highest BCUT2D eigenvalue weighted by Crippen LogP contribution is 2.43. The van der Waals surface area contributed by atoms with E-state index in [4.69, 9.17) is 27.9 Å². The van der Waals surface area contributed by atoms with Gasteiger partial charge >= 0.3 is 0 Å². The molecule has 0 radical (unpaired) electrons. The van der Waals surface area contributed by atoms with Crippen molar-refractivity contribution >= 4 is 29.1 Å². The van der Waals surface area contributed by atoms with Gasteiger partial charge in [0, 0.05) is 28.9 Å². The van der Waals surface area contributed by atoms with Crippen molar-refractivity contribution in [2.45, 2.75) is 43.7 Å². The van der Waals surface area contributed by atoms with Crippen LogP contribution in [0.5, 0.6) is 0 Å². The highest BCUT2D eigenvalue weighted by atomic mass is 35.5. The van der Waals surface area contributed by atoms with Crippen LogP contribution >= 0.6 is 23.2 Å². The highest BCUT2D eigenvalue weighted by Gasteiger charge is 2.38. The third-order valence-corrected chi connectivity index (χ3v) is 6.12. The molecule has 0 spiro atoms. The Morgan fingerprint density at radius 2 is 1.78 bits per heavy atom. The summed E-state index contributed by atoms with van der Waals surface area (Å²) >= 11 is 12.3. The van der Waals surface area contributed by atoms with E-state index in [0.717, 1.165) is 42.0 Å². The molecule has 0 bridgehead atoms. The fourth-order valence-electron chi connectivity index (χ4n) is 4.27. The largest absolute Gasteiger partial charge is 0.371 e. The van der Waals surface area contributed by atoms with E-state index < -0.39 is 0 Å². The fraction of sp³-hybridized carbons (Fsp3) is 0.409. The van der Waals surface area contributed by atoms with Gasteiger partial charge in [0.15, 0.2) is 0 Å². The number of carbonyl (C=O) groups is 1. The molecular weight excluding hydrogens is 381 g/mol. The van der Waals surface area contributed by atoms with Gasteiger partial charge in [-0.3, -0.25) is 4.79 Å². The van der Waals surface area contributed by atoms with Gasteiger partial charge in [-0.15, -0.1) is 0 Å². The molecule has 1 amide bonds. The molecule has 2 aromatic rings. The summed E-state index contributed by atoms with van der Waals surface area (Å²) < 4.78 is 6.34. The van der Waals surface area contributed by atoms with Gasteiger partial charge in [-0.1, -0.05) is 47.5 Å². The lowest BCUT2D eigenvalue weighted by Gasteiger charge is -2.43. The summed E-state index contributed by atoms with van der Waals surface area (Å²) in [7, 11) is 0. The number of likely N-dealkylation sites (tertiary alicyclic amines) is 1. The Kier molecular flexibility index (Phi) is 5.72. The van der Waals surface area contributed by atoms with E-state index in [2.05, 4.69) is 6.07 Å². The van der Waals surface area contributed by atoms with Crippen molar-refractivity contribution in [1.82, 2.24) is 4.90 Å². The first kappa shape index (κ1) is 18.8. The maximum Gasteiger partial charge on any atom is 0.222 e. The van der Waals surface area contributed by atoms with Gasteiger partial charge in [0.1, 0.15) is 0 Å². The van der Waals surface area contributed by atoms with E-state index in [1.807, 2.05) is 47.4 Å². The van der Waals surface area contributed by atoms with Crippen LogP contribution in [-0.2, 0) is 9.53 Å². The van der Waals surface area contributed by atoms with Crippen LogP contribution in [0.3, 0.4) is 0 Å². The van der Waals surface area contributed by atoms with Crippen molar-refractivity contribution < 1.29 is 9.53 Å². The fourth-order valence-corrected chi connectivity index (χ4v) is 4.60. The van der Waals surface area contributed by atoms with E-state index in [-0.39, 0.29) is 24.0 Å². The second kappa shape index (κ2) is 8.22. The third kappa shape index (κ3) is 4.16. The summed E-state index contributed by atoms with van der Waals surface area (Å²) in [5.41, 5.74) is 2.25. The quantitative estimate of drug-likeness (QED) is 0.665. The van der Waals surface area contributed by atoms with E-state index in [1.165, 1.54) is 0 Å². The number of amides is 1. The van der Waals surface area contributed by atoms with Gasteiger partial charge in [0.25, 0.3) is 0 Å². The van der Waals surface area contributed by atoms with Crippen molar-refractivity contribution in [2.75, 3.05) is 13.2 Å². The van der Waals surface area contributed by atoms with E-state index >= 15 is 0 Å². The summed E-state index contributed by atoms with van der Waals surface area (Å²) in [4.78, 5) is 14.4. The summed E-state index contributed by atoms with van der Waals surface area (Å²) in [5, 5.41) is 1.43. The number of ether oxygens (including phenoxy) is 1. The maximum absolute atomic E-state index is 12.4. The monoisotopic (exact) mass is 403 g/mol. The molecule has 0 saturated carbocycles. The first-order valence-corrected chi connectivity index (χ1v) is 10.3. The average molecular weight is 404 g/mol. The molecule has 3 atom stereocenters. The molecule has 2 aromatic carbocycles. The van der Waals surface area contributed by atoms with Crippen LogP contribution < -0.4 is 0 Å². The predicted molar refractivity (Wildman–Crippen MR) is 108 cm³/mol. The standard InChI is InChI=1S/C22H23Cl2NO2/c23-17-9-7-15(8-10-17)22-20(16-4-3-5-18(24)12-16)13-19(14-27-22)25-11-2-1-6-21(25)26/h3-5,7-10,12,19-20,22H,1-2,6,11,13-14H2/t19?,20-,22-/m1/s1. The van der Waals surface area contributed by atoms with E-state index in [1.54, 1.807) is 0 Å². The van der Waals surface area contributed by atoms with Crippen molar-refractivity contribution in [3.05, 3.63) is 69.7 Å². The lowest BCUT2D eigenvalue weighted by molar-refractivity contribution is -0.141. The molecule has 4 rings (SSSR count). The Morgan fingerprint density at radius 3 is 2.52 bits per heavy atom. The lowest BCUT2D eigenvalue weighted by Crippen LogP contribution is -2.49. The molecule has 2 saturated heterocycles. The zero-order valence-electron chi connectivity index (χ0n) is 15.1. The first-order chi connectivity index (χ1) is 13.1. The Balaban J connectivity index is 1.64. The number of piperidine rings is 1. The van der Waals surface area contributed by atoms with Gasteiger partial charge in [-0.25, -0.2) is 0 Å². The number of hydrogen-bond donors (Lipinski definition) is 0. The molecule has 0 N–H and O–H groups in total. The third-order valence-electron chi connectivity index (χ3n) is 5.64. The van der Waals surface area contributed by atoms with Crippen LogP contribution in [-0.4, -0.2) is 30.0 Å². The Hall–Kier alpha value is -1.55. The van der Waals surface area contributed by atoms with Crippen LogP contribution in [0.4, 0.5) is 0 Å². The molecule has 3 nitrogen and oxygen atoms in total. The Labute approximate surface area is 170 Å². The predicted octanol–water partition coefficient (Wildman–Crippen LogP) is 5.62. The molecule has 2 aliphatic heterocycles. The smallest absolute Gasteiger partial charge is 0.222 e. The summed E-state index contributed by atoms with van der Waals surface area (Å²) in [6.45, 7) is 1.40. The number of halogens is 2. The van der Waals surface area contributed by atoms with Crippen LogP contribution in [0.2, 0.25) is 10.0 Å². The van der Waals surface area contributed by atoms with Crippen molar-refractivity contribution in [2.24, 2.45) is 0 Å². The van der Waals surface area contributed by atoms with Crippen LogP contribution in [0.15, 0.2) is 48.5 Å². The van der Waals surface area contributed by atoms with Crippen molar-refractivity contribution in [3.63, 3.8) is 0 Å². The normalized spacial score (nSPS) is 26.2. The van der Waals surface area contributed by atoms with E-state index in [0.29, 0.717) is 18.1 Å². The summed E-state index contributed by atoms with van der Waals surface area (Å²) in [5.74, 6) is 0.392. The SMILES string of the molecule is O=C1CCCCN1C1CO[C@H](c2ccc(Cl)cc2)[C@@H](c2cccc(Cl)c2)C1. The Morgan fingerprint density at radius 1 is 0.963 bits per heavy atom. The molecular formula is C22H23Cl2NO2. The molecule has 27 heavy (non-hydrogen) atoms. The zero-order valence-corrected chi connectivity index (χ0v) is 16.6. The van der Waals surface area contributed by atoms with Gasteiger partial charge in [-0.2, -0.15) is 0 Å². The van der Waals surface area contributed by atoms with Crippen LogP contribution in [0.1, 0.15) is 48.8 Å². The zero-order chi connectivity index (χ0) is 18.8. The number of hydrogen-bond acceptors (Lipinski definition) is 2. The summed E-state index contributed by atoms with van der Waals surface area (Å²) in [6, 6.07) is 15.9. The van der Waals surface area contributed by atoms with Crippen LogP contribution in [0.25, 0.3) is 0 Å². The molecule has 0 aromatic heterocycles. The molecule has 1 unspecified atom stereocenters. The molecule has 5 heteroatoms. The van der Waals surface area contributed by atoms with E-state index in [9.17, 15) is 4.79 Å². The summed E-state index contributed by atoms with van der Waals surface area (Å²) in [6.07, 6.45) is 3.52. The van der Waals surface area contributed by atoms with Gasteiger partial charge in [-0.05, 0) is 54.7 Å². The molecule has 2 heterocycles. The topological polar surface area (TPSA) is 29.5 Å². The minimum absolute atomic E-state index is 0.0723. The highest BCUT2D eigenvalue weighted by molar-refractivity contribution is 6.30. The molecule has 0 aliphatic carbocycles. The van der Waals surface area contributed by atoms with Crippen molar-refractivity contribution in [1.29, 1.82) is 0 Å². The maximum atomic E-state index is 12.4. The molecule has 2 fully saturated rings. The van der Waals surface area contributed by atoms with Gasteiger partial charge in [0.05, 0.1) is 18.8 Å². The molecule has 142 valence electrons. The first-order valence-electron chi connectivity index (χ1n) is 9.54. The number of rotatable bonds is 3. The van der Waals surface area contributed by atoms with Crippen molar-refractivity contribution in [3.8, 4) is 0 Å². The number of nitrogens with zero attached hydrogens (tertiary/aromatic N) is 1. The molecule has 2 aliphatic rings. The lowest BCUT2D eigenvalue weighted by atomic mass is 9.81. The number of carbonyl (C=O) groups excluding carboxylic acids is 1. The second-order valence-electron chi connectivity index (χ2n) is 7.40. The number of benzene rings is 2. The van der Waals surface area contributed by atoms with Crippen LogP contribution in [0, 0.1) is 0 Å². The average Bonchev–Trinajstić information content (AvgIpc) is 2.69. The minimum Gasteiger partial charge on any atom is -0.371 e.